The van der Waals surface area contributed by atoms with Crippen molar-refractivity contribution in [3.63, 3.8) is 0 Å². The Morgan fingerprint density at radius 3 is 2.47 bits per heavy atom. The number of benzene rings is 1. The number of aromatic hydroxyl groups is 1. The van der Waals surface area contributed by atoms with Gasteiger partial charge in [-0.15, -0.1) is 0 Å². The number of hydrogen-bond donors (Lipinski definition) is 3. The van der Waals surface area contributed by atoms with Gasteiger partial charge in [0, 0.05) is 23.4 Å². The van der Waals surface area contributed by atoms with Crippen LogP contribution in [-0.4, -0.2) is 31.8 Å². The molecule has 0 bridgehead atoms. The van der Waals surface area contributed by atoms with Crippen molar-refractivity contribution < 1.29 is 24.9 Å². The molecule has 0 radical (unpaired) electrons. The summed E-state index contributed by atoms with van der Waals surface area (Å²) < 4.78 is 1.20. The maximum atomic E-state index is 11.2. The van der Waals surface area contributed by atoms with Crippen LogP contribution < -0.4 is 0 Å². The van der Waals surface area contributed by atoms with E-state index in [0.717, 1.165) is 0 Å². The molecule has 2 rings (SSSR count). The largest absolute Gasteiger partial charge is 0.494 e. The Balaban J connectivity index is 2.41. The van der Waals surface area contributed by atoms with Gasteiger partial charge in [0.15, 0.2) is 5.88 Å². The van der Waals surface area contributed by atoms with E-state index in [0.29, 0.717) is 10.8 Å². The van der Waals surface area contributed by atoms with Gasteiger partial charge in [0.25, 0.3) is 0 Å². The minimum atomic E-state index is -1.17. The van der Waals surface area contributed by atoms with Crippen LogP contribution in [0, 0.1) is 0 Å². The van der Waals surface area contributed by atoms with Crippen LogP contribution in [0.15, 0.2) is 30.5 Å². The summed E-state index contributed by atoms with van der Waals surface area (Å²) in [6, 6.07) is 5.85. The van der Waals surface area contributed by atoms with E-state index >= 15 is 0 Å². The standard InChI is InChI=1S/C13H13NO5/c15-11(16)6-5-10(13(18)19)14-7-8-3-1-2-4-9(8)12(14)17/h1-4,7,10,17H,5-6H2,(H,15,16)(H,18,19). The van der Waals surface area contributed by atoms with Gasteiger partial charge < -0.3 is 19.9 Å². The number of carboxylic acids is 2. The van der Waals surface area contributed by atoms with Gasteiger partial charge in [0.1, 0.15) is 6.04 Å². The minimum absolute atomic E-state index is 0.0841. The number of nitrogens with zero attached hydrogens (tertiary/aromatic N) is 1. The summed E-state index contributed by atoms with van der Waals surface area (Å²) in [5.74, 6) is -2.40. The molecule has 0 fully saturated rings. The summed E-state index contributed by atoms with van der Waals surface area (Å²) in [6.45, 7) is 0. The zero-order chi connectivity index (χ0) is 14.0. The van der Waals surface area contributed by atoms with Crippen molar-refractivity contribution in [1.82, 2.24) is 4.57 Å². The SMILES string of the molecule is O=C(O)CCC(C(=O)O)n1cc2ccccc2c1O. The number of rotatable bonds is 5. The summed E-state index contributed by atoms with van der Waals surface area (Å²) in [7, 11) is 0. The van der Waals surface area contributed by atoms with E-state index in [1.54, 1.807) is 24.3 Å². The minimum Gasteiger partial charge on any atom is -0.494 e. The van der Waals surface area contributed by atoms with Gasteiger partial charge in [0.2, 0.25) is 0 Å². The quantitative estimate of drug-likeness (QED) is 0.764. The van der Waals surface area contributed by atoms with Crippen molar-refractivity contribution in [2.75, 3.05) is 0 Å². The molecule has 100 valence electrons. The fourth-order valence-corrected chi connectivity index (χ4v) is 2.04. The summed E-state index contributed by atoms with van der Waals surface area (Å²) in [6.07, 6.45) is 1.16. The van der Waals surface area contributed by atoms with Gasteiger partial charge in [-0.3, -0.25) is 4.79 Å². The van der Waals surface area contributed by atoms with Crippen LogP contribution in [0.5, 0.6) is 5.88 Å². The predicted octanol–water partition coefficient (Wildman–Crippen LogP) is 1.84. The van der Waals surface area contributed by atoms with Crippen molar-refractivity contribution in [3.05, 3.63) is 30.5 Å². The van der Waals surface area contributed by atoms with E-state index in [9.17, 15) is 14.7 Å². The van der Waals surface area contributed by atoms with E-state index in [4.69, 9.17) is 10.2 Å². The Bertz CT molecular complexity index is 631. The third-order valence-electron chi connectivity index (χ3n) is 2.98. The van der Waals surface area contributed by atoms with Crippen molar-refractivity contribution >= 4 is 22.7 Å². The first-order valence-corrected chi connectivity index (χ1v) is 5.74. The van der Waals surface area contributed by atoms with Gasteiger partial charge in [-0.2, -0.15) is 0 Å². The van der Waals surface area contributed by atoms with Crippen LogP contribution in [0.4, 0.5) is 0 Å². The summed E-state index contributed by atoms with van der Waals surface area (Å²) in [4.78, 5) is 21.8. The van der Waals surface area contributed by atoms with Gasteiger partial charge in [-0.05, 0) is 12.5 Å². The molecule has 6 nitrogen and oxygen atoms in total. The Labute approximate surface area is 108 Å². The van der Waals surface area contributed by atoms with Crippen LogP contribution in [0.25, 0.3) is 10.8 Å². The van der Waals surface area contributed by atoms with E-state index in [1.807, 2.05) is 0 Å². The maximum absolute atomic E-state index is 11.2. The molecule has 0 spiro atoms. The van der Waals surface area contributed by atoms with Gasteiger partial charge >= 0.3 is 11.9 Å². The van der Waals surface area contributed by atoms with Gasteiger partial charge in [-0.1, -0.05) is 18.2 Å². The molecule has 1 unspecified atom stereocenters. The zero-order valence-corrected chi connectivity index (χ0v) is 9.98. The summed E-state index contributed by atoms with van der Waals surface area (Å²) in [5.41, 5.74) is 0. The number of aromatic nitrogens is 1. The average molecular weight is 263 g/mol. The normalized spacial score (nSPS) is 12.4. The number of fused-ring (bicyclic) bond motifs is 1. The van der Waals surface area contributed by atoms with Gasteiger partial charge in [0.05, 0.1) is 0 Å². The molecule has 0 aliphatic rings. The molecule has 1 aromatic carbocycles. The molecule has 19 heavy (non-hydrogen) atoms. The number of aliphatic carboxylic acids is 2. The molecule has 1 aromatic heterocycles. The first-order valence-electron chi connectivity index (χ1n) is 5.74. The lowest BCUT2D eigenvalue weighted by atomic mass is 10.1. The predicted molar refractivity (Wildman–Crippen MR) is 67.1 cm³/mol. The van der Waals surface area contributed by atoms with Crippen molar-refractivity contribution in [2.45, 2.75) is 18.9 Å². The molecule has 0 saturated heterocycles. The second-order valence-corrected chi connectivity index (χ2v) is 4.23. The van der Waals surface area contributed by atoms with E-state index in [2.05, 4.69) is 0 Å². The summed E-state index contributed by atoms with van der Waals surface area (Å²) in [5, 5.41) is 29.1. The first-order chi connectivity index (χ1) is 9.00. The molecule has 0 aliphatic carbocycles. The third kappa shape index (κ3) is 2.52. The summed E-state index contributed by atoms with van der Waals surface area (Å²) >= 11 is 0. The van der Waals surface area contributed by atoms with Crippen LogP contribution in [0.1, 0.15) is 18.9 Å². The fraction of sp³-hybridized carbons (Fsp3) is 0.231. The zero-order valence-electron chi connectivity index (χ0n) is 9.98. The second-order valence-electron chi connectivity index (χ2n) is 4.23. The second kappa shape index (κ2) is 5.01. The lowest BCUT2D eigenvalue weighted by Gasteiger charge is -2.14. The van der Waals surface area contributed by atoms with Crippen molar-refractivity contribution in [2.24, 2.45) is 0 Å². The number of carboxylic acid groups (broad SMARTS) is 2. The number of hydrogen-bond acceptors (Lipinski definition) is 3. The third-order valence-corrected chi connectivity index (χ3v) is 2.98. The first kappa shape index (κ1) is 12.9. The van der Waals surface area contributed by atoms with Crippen LogP contribution in [0.3, 0.4) is 0 Å². The van der Waals surface area contributed by atoms with E-state index < -0.39 is 18.0 Å². The van der Waals surface area contributed by atoms with Crippen LogP contribution >= 0.6 is 0 Å². The lowest BCUT2D eigenvalue weighted by Crippen LogP contribution is -2.19. The Hall–Kier alpha value is -2.50. The Morgan fingerprint density at radius 1 is 1.21 bits per heavy atom. The Kier molecular flexibility index (Phi) is 3.41. The maximum Gasteiger partial charge on any atom is 0.326 e. The smallest absolute Gasteiger partial charge is 0.326 e. The molecule has 2 aromatic rings. The molecule has 1 heterocycles. The molecule has 0 amide bonds. The monoisotopic (exact) mass is 263 g/mol. The molecule has 1 atom stereocenters. The van der Waals surface area contributed by atoms with Crippen molar-refractivity contribution in [1.29, 1.82) is 0 Å². The van der Waals surface area contributed by atoms with E-state index in [1.165, 1.54) is 10.8 Å². The average Bonchev–Trinajstić information content (AvgIpc) is 2.67. The molecular formula is C13H13NO5. The van der Waals surface area contributed by atoms with Crippen LogP contribution in [-0.2, 0) is 9.59 Å². The molecule has 0 saturated carbocycles. The van der Waals surface area contributed by atoms with Crippen LogP contribution in [0.2, 0.25) is 0 Å². The fourth-order valence-electron chi connectivity index (χ4n) is 2.04. The van der Waals surface area contributed by atoms with Gasteiger partial charge in [-0.25, -0.2) is 4.79 Å². The molecule has 3 N–H and O–H groups in total. The molecule has 0 aliphatic heterocycles. The highest BCUT2D eigenvalue weighted by Gasteiger charge is 2.24. The number of carbonyl (C=O) groups is 2. The lowest BCUT2D eigenvalue weighted by molar-refractivity contribution is -0.142. The topological polar surface area (TPSA) is 99.8 Å². The van der Waals surface area contributed by atoms with E-state index in [-0.39, 0.29) is 18.7 Å². The molecule has 6 heteroatoms. The highest BCUT2D eigenvalue weighted by Crippen LogP contribution is 2.31. The van der Waals surface area contributed by atoms with Crippen molar-refractivity contribution in [3.8, 4) is 5.88 Å². The Morgan fingerprint density at radius 2 is 1.89 bits per heavy atom. The highest BCUT2D eigenvalue weighted by molar-refractivity contribution is 5.89. The molecular weight excluding hydrogens is 250 g/mol. The highest BCUT2D eigenvalue weighted by atomic mass is 16.4.